The highest BCUT2D eigenvalue weighted by molar-refractivity contribution is 5.98. The molecule has 2 atom stereocenters. The monoisotopic (exact) mass is 206 g/mol. The number of hydrogen-bond donors (Lipinski definition) is 0. The Morgan fingerprint density at radius 1 is 1.40 bits per heavy atom. The molecule has 0 bridgehead atoms. The second-order valence-corrected chi connectivity index (χ2v) is 3.64. The quantitative estimate of drug-likeness (QED) is 0.700. The van der Waals surface area contributed by atoms with E-state index >= 15 is 0 Å². The Kier molecular flexibility index (Phi) is 1.89. The summed E-state index contributed by atoms with van der Waals surface area (Å²) in [6.45, 7) is 0.584. The molecule has 78 valence electrons. The van der Waals surface area contributed by atoms with Gasteiger partial charge < -0.3 is 13.9 Å². The molecule has 0 saturated carbocycles. The van der Waals surface area contributed by atoms with Crippen LogP contribution in [-0.4, -0.2) is 18.7 Å². The van der Waals surface area contributed by atoms with Gasteiger partial charge >= 0.3 is 0 Å². The van der Waals surface area contributed by atoms with Gasteiger partial charge in [0.1, 0.15) is 0 Å². The lowest BCUT2D eigenvalue weighted by Gasteiger charge is -2.23. The van der Waals surface area contributed by atoms with Gasteiger partial charge in [0.2, 0.25) is 6.29 Å². The summed E-state index contributed by atoms with van der Waals surface area (Å²) in [5.41, 5.74) is 0. The predicted octanol–water partition coefficient (Wildman–Crippen LogP) is 1.58. The van der Waals surface area contributed by atoms with Crippen LogP contribution in [0.5, 0.6) is 0 Å². The van der Waals surface area contributed by atoms with E-state index in [1.165, 1.54) is 6.08 Å². The Morgan fingerprint density at radius 2 is 2.33 bits per heavy atom. The highest BCUT2D eigenvalue weighted by Crippen LogP contribution is 2.33. The van der Waals surface area contributed by atoms with E-state index in [0.29, 0.717) is 18.1 Å². The van der Waals surface area contributed by atoms with Gasteiger partial charge in [0.05, 0.1) is 18.8 Å². The zero-order valence-corrected chi connectivity index (χ0v) is 8.01. The molecule has 1 aromatic heterocycles. The normalized spacial score (nSPS) is 29.6. The molecular weight excluding hydrogens is 196 g/mol. The Balaban J connectivity index is 1.93. The maximum Gasteiger partial charge on any atom is 0.210 e. The Morgan fingerprint density at radius 3 is 3.13 bits per heavy atom. The number of ether oxygens (including phenoxy) is 2. The molecule has 1 fully saturated rings. The number of rotatable bonds is 1. The summed E-state index contributed by atoms with van der Waals surface area (Å²) in [6.07, 6.45) is 3.36. The summed E-state index contributed by atoms with van der Waals surface area (Å²) >= 11 is 0. The molecule has 0 spiro atoms. The lowest BCUT2D eigenvalue weighted by Crippen LogP contribution is -2.29. The SMILES string of the molecule is O=C1C=C(c2ccco2)O[C@@H]2OCC[C@@H]12. The van der Waals surface area contributed by atoms with Crippen LogP contribution < -0.4 is 0 Å². The lowest BCUT2D eigenvalue weighted by atomic mass is 9.99. The van der Waals surface area contributed by atoms with Gasteiger partial charge in [0.15, 0.2) is 17.3 Å². The molecule has 2 aliphatic heterocycles. The Hall–Kier alpha value is -1.55. The first-order valence-electron chi connectivity index (χ1n) is 4.92. The standard InChI is InChI=1S/C11H10O4/c12-8-6-10(9-2-1-4-13-9)15-11-7(8)3-5-14-11/h1-2,4,6-7,11H,3,5H2/t7-,11-/m0/s1. The van der Waals surface area contributed by atoms with E-state index < -0.39 is 6.29 Å². The molecule has 1 aromatic rings. The molecular formula is C11H10O4. The first kappa shape index (κ1) is 8.73. The molecule has 4 heteroatoms. The van der Waals surface area contributed by atoms with E-state index in [-0.39, 0.29) is 11.7 Å². The molecule has 0 radical (unpaired) electrons. The first-order chi connectivity index (χ1) is 7.34. The third kappa shape index (κ3) is 1.37. The topological polar surface area (TPSA) is 48.7 Å². The molecule has 4 nitrogen and oxygen atoms in total. The van der Waals surface area contributed by atoms with Crippen LogP contribution in [0.25, 0.3) is 5.76 Å². The molecule has 3 rings (SSSR count). The van der Waals surface area contributed by atoms with Crippen molar-refractivity contribution in [2.75, 3.05) is 6.61 Å². The first-order valence-corrected chi connectivity index (χ1v) is 4.92. The second kappa shape index (κ2) is 3.24. The highest BCUT2D eigenvalue weighted by atomic mass is 16.7. The zero-order chi connectivity index (χ0) is 10.3. The summed E-state index contributed by atoms with van der Waals surface area (Å²) < 4.78 is 16.0. The van der Waals surface area contributed by atoms with Crippen molar-refractivity contribution in [3.8, 4) is 0 Å². The summed E-state index contributed by atoms with van der Waals surface area (Å²) in [6, 6.07) is 3.51. The molecule has 15 heavy (non-hydrogen) atoms. The van der Waals surface area contributed by atoms with Crippen molar-refractivity contribution in [2.45, 2.75) is 12.7 Å². The van der Waals surface area contributed by atoms with Gasteiger partial charge in [-0.2, -0.15) is 0 Å². The third-order valence-corrected chi connectivity index (χ3v) is 2.69. The van der Waals surface area contributed by atoms with Crippen LogP contribution in [0.2, 0.25) is 0 Å². The number of carbonyl (C=O) groups excluding carboxylic acids is 1. The molecule has 2 aliphatic rings. The van der Waals surface area contributed by atoms with Crippen molar-refractivity contribution in [3.63, 3.8) is 0 Å². The van der Waals surface area contributed by atoms with Gasteiger partial charge in [-0.15, -0.1) is 0 Å². The summed E-state index contributed by atoms with van der Waals surface area (Å²) in [4.78, 5) is 11.7. The minimum absolute atomic E-state index is 0.0650. The van der Waals surface area contributed by atoms with Crippen LogP contribution in [0.4, 0.5) is 0 Å². The van der Waals surface area contributed by atoms with E-state index in [4.69, 9.17) is 13.9 Å². The number of ketones is 1. The van der Waals surface area contributed by atoms with Gasteiger partial charge in [-0.05, 0) is 18.6 Å². The van der Waals surface area contributed by atoms with Crippen molar-refractivity contribution in [2.24, 2.45) is 5.92 Å². The largest absolute Gasteiger partial charge is 0.461 e. The minimum atomic E-state index is -0.428. The lowest BCUT2D eigenvalue weighted by molar-refractivity contribution is -0.133. The number of carbonyl (C=O) groups is 1. The fourth-order valence-corrected chi connectivity index (χ4v) is 1.90. The average Bonchev–Trinajstić information content (AvgIpc) is 2.88. The van der Waals surface area contributed by atoms with Gasteiger partial charge in [-0.25, -0.2) is 0 Å². The molecule has 0 amide bonds. The predicted molar refractivity (Wildman–Crippen MR) is 50.6 cm³/mol. The maximum absolute atomic E-state index is 11.7. The Labute approximate surface area is 86.5 Å². The molecule has 0 aromatic carbocycles. The maximum atomic E-state index is 11.7. The Bertz CT molecular complexity index is 404. The molecule has 1 saturated heterocycles. The van der Waals surface area contributed by atoms with Gasteiger partial charge in [0.25, 0.3) is 0 Å². The van der Waals surface area contributed by atoms with Crippen molar-refractivity contribution in [3.05, 3.63) is 30.2 Å². The smallest absolute Gasteiger partial charge is 0.210 e. The number of fused-ring (bicyclic) bond motifs is 1. The van der Waals surface area contributed by atoms with Gasteiger partial charge in [-0.3, -0.25) is 4.79 Å². The fraction of sp³-hybridized carbons (Fsp3) is 0.364. The molecule has 0 unspecified atom stereocenters. The van der Waals surface area contributed by atoms with E-state index in [1.807, 2.05) is 0 Å². The summed E-state index contributed by atoms with van der Waals surface area (Å²) in [5.74, 6) is 0.962. The molecule has 0 N–H and O–H groups in total. The van der Waals surface area contributed by atoms with Crippen molar-refractivity contribution >= 4 is 11.5 Å². The van der Waals surface area contributed by atoms with E-state index in [1.54, 1.807) is 18.4 Å². The molecule has 3 heterocycles. The van der Waals surface area contributed by atoms with Gasteiger partial charge in [0, 0.05) is 6.08 Å². The average molecular weight is 206 g/mol. The zero-order valence-electron chi connectivity index (χ0n) is 8.01. The van der Waals surface area contributed by atoms with Gasteiger partial charge in [-0.1, -0.05) is 0 Å². The van der Waals surface area contributed by atoms with Crippen molar-refractivity contribution in [1.82, 2.24) is 0 Å². The van der Waals surface area contributed by atoms with Crippen molar-refractivity contribution < 1.29 is 18.7 Å². The summed E-state index contributed by atoms with van der Waals surface area (Å²) in [5, 5.41) is 0. The van der Waals surface area contributed by atoms with Crippen LogP contribution in [0.15, 0.2) is 28.9 Å². The minimum Gasteiger partial charge on any atom is -0.461 e. The number of allylic oxidation sites excluding steroid dienone is 1. The van der Waals surface area contributed by atoms with Crippen LogP contribution >= 0.6 is 0 Å². The van der Waals surface area contributed by atoms with E-state index in [0.717, 1.165) is 6.42 Å². The van der Waals surface area contributed by atoms with Crippen LogP contribution in [0.1, 0.15) is 12.2 Å². The van der Waals surface area contributed by atoms with E-state index in [2.05, 4.69) is 0 Å². The highest BCUT2D eigenvalue weighted by Gasteiger charge is 2.39. The van der Waals surface area contributed by atoms with Crippen molar-refractivity contribution in [1.29, 1.82) is 0 Å². The third-order valence-electron chi connectivity index (χ3n) is 2.69. The van der Waals surface area contributed by atoms with Crippen LogP contribution in [0, 0.1) is 5.92 Å². The van der Waals surface area contributed by atoms with Crippen LogP contribution in [0.3, 0.4) is 0 Å². The van der Waals surface area contributed by atoms with E-state index in [9.17, 15) is 4.79 Å². The molecule has 0 aliphatic carbocycles. The number of hydrogen-bond acceptors (Lipinski definition) is 4. The summed E-state index contributed by atoms with van der Waals surface area (Å²) in [7, 11) is 0. The fourth-order valence-electron chi connectivity index (χ4n) is 1.90. The second-order valence-electron chi connectivity index (χ2n) is 3.64. The number of furan rings is 1. The van der Waals surface area contributed by atoms with Crippen LogP contribution in [-0.2, 0) is 14.3 Å².